The van der Waals surface area contributed by atoms with Crippen molar-refractivity contribution in [1.82, 2.24) is 35.2 Å². The fourth-order valence-electron chi connectivity index (χ4n) is 3.77. The largest absolute Gasteiger partial charge is 0.356 e. The third-order valence-electron chi connectivity index (χ3n) is 5.41. The minimum atomic E-state index is 0.486. The van der Waals surface area contributed by atoms with Crippen LogP contribution in [0.1, 0.15) is 51.4 Å². The van der Waals surface area contributed by atoms with Gasteiger partial charge in [0.25, 0.3) is 0 Å². The first-order valence-electron chi connectivity index (χ1n) is 10.7. The van der Waals surface area contributed by atoms with E-state index in [9.17, 15) is 0 Å². The van der Waals surface area contributed by atoms with Crippen molar-refractivity contribution < 1.29 is 0 Å². The quantitative estimate of drug-likeness (QED) is 0.511. The highest BCUT2D eigenvalue weighted by Gasteiger charge is 2.12. The highest BCUT2D eigenvalue weighted by molar-refractivity contribution is 5.97. The van der Waals surface area contributed by atoms with E-state index in [4.69, 9.17) is 0 Å². The van der Waals surface area contributed by atoms with Gasteiger partial charge in [-0.05, 0) is 18.2 Å². The Morgan fingerprint density at radius 2 is 1.67 bits per heavy atom. The molecule has 4 aromatic rings. The van der Waals surface area contributed by atoms with Crippen LogP contribution in [-0.2, 0) is 0 Å². The Hall–Kier alpha value is -3.29. The zero-order chi connectivity index (χ0) is 20.6. The molecule has 1 aliphatic rings. The highest BCUT2D eigenvalue weighted by Crippen LogP contribution is 2.29. The standard InChI is InChI=1S/C14H12N8.C8H16/c1-15-14-16-8-11(19-21-14)9-3-4-12(22-6-2-5-18-22)13-10(9)7-17-20-13;1-2-4-6-8-7-5-3-1/h2-8H,1H3,(H,17,20)(H,15,16,21);1-8H2. The molecule has 0 radical (unpaired) electrons. The molecule has 0 atom stereocenters. The number of nitrogens with zero attached hydrogens (tertiary/aromatic N) is 6. The number of anilines is 1. The van der Waals surface area contributed by atoms with Crippen LogP contribution in [0.2, 0.25) is 0 Å². The minimum absolute atomic E-state index is 0.486. The molecule has 0 amide bonds. The van der Waals surface area contributed by atoms with Crippen molar-refractivity contribution in [2.24, 2.45) is 0 Å². The number of H-pyrrole nitrogens is 1. The second-order valence-electron chi connectivity index (χ2n) is 7.49. The maximum absolute atomic E-state index is 4.26. The molecule has 0 aliphatic heterocycles. The topological polar surface area (TPSA) is 97.2 Å². The molecule has 5 rings (SSSR count). The molecule has 3 heterocycles. The third-order valence-corrected chi connectivity index (χ3v) is 5.41. The van der Waals surface area contributed by atoms with E-state index in [1.54, 1.807) is 30.3 Å². The monoisotopic (exact) mass is 404 g/mol. The molecular weight excluding hydrogens is 376 g/mol. The van der Waals surface area contributed by atoms with Crippen LogP contribution >= 0.6 is 0 Å². The SMILES string of the molecule is C1CCCCCCC1.CNc1ncc(-c2ccc(-n3cccn3)c3[nH]ncc23)nn1. The van der Waals surface area contributed by atoms with Crippen molar-refractivity contribution in [3.63, 3.8) is 0 Å². The smallest absolute Gasteiger partial charge is 0.242 e. The van der Waals surface area contributed by atoms with E-state index >= 15 is 0 Å². The second-order valence-corrected chi connectivity index (χ2v) is 7.49. The van der Waals surface area contributed by atoms with Gasteiger partial charge in [0.05, 0.1) is 23.6 Å². The normalized spacial score (nSPS) is 14.4. The summed E-state index contributed by atoms with van der Waals surface area (Å²) in [5.74, 6) is 0.486. The van der Waals surface area contributed by atoms with E-state index in [1.165, 1.54) is 51.4 Å². The molecule has 8 heteroatoms. The Bertz CT molecular complexity index is 1010. The fraction of sp³-hybridized carbons (Fsp3) is 0.409. The summed E-state index contributed by atoms with van der Waals surface area (Å²) in [6, 6.07) is 5.82. The molecule has 1 saturated carbocycles. The predicted molar refractivity (Wildman–Crippen MR) is 119 cm³/mol. The van der Waals surface area contributed by atoms with Crippen molar-refractivity contribution in [3.8, 4) is 16.9 Å². The molecule has 2 N–H and O–H groups in total. The lowest BCUT2D eigenvalue weighted by Crippen LogP contribution is -2.00. The molecule has 0 bridgehead atoms. The van der Waals surface area contributed by atoms with Gasteiger partial charge in [0.2, 0.25) is 5.95 Å². The van der Waals surface area contributed by atoms with Crippen LogP contribution in [0.25, 0.3) is 27.8 Å². The highest BCUT2D eigenvalue weighted by atomic mass is 15.3. The number of fused-ring (bicyclic) bond motifs is 1. The summed E-state index contributed by atoms with van der Waals surface area (Å²) >= 11 is 0. The molecule has 3 aromatic heterocycles. The Kier molecular flexibility index (Phi) is 6.64. The van der Waals surface area contributed by atoms with Gasteiger partial charge in [-0.25, -0.2) is 9.67 Å². The average Bonchev–Trinajstić information content (AvgIpc) is 3.46. The number of aromatic amines is 1. The van der Waals surface area contributed by atoms with Gasteiger partial charge in [0.15, 0.2) is 0 Å². The zero-order valence-corrected chi connectivity index (χ0v) is 17.4. The average molecular weight is 405 g/mol. The van der Waals surface area contributed by atoms with Crippen LogP contribution in [0.4, 0.5) is 5.95 Å². The maximum atomic E-state index is 4.26. The first kappa shape index (κ1) is 20.0. The van der Waals surface area contributed by atoms with Crippen LogP contribution in [0.3, 0.4) is 0 Å². The van der Waals surface area contributed by atoms with Gasteiger partial charge in [-0.15, -0.1) is 10.2 Å². The maximum Gasteiger partial charge on any atom is 0.242 e. The van der Waals surface area contributed by atoms with Crippen molar-refractivity contribution >= 4 is 16.9 Å². The lowest BCUT2D eigenvalue weighted by molar-refractivity contribution is 0.504. The van der Waals surface area contributed by atoms with Gasteiger partial charge in [0.1, 0.15) is 5.69 Å². The Morgan fingerprint density at radius 1 is 0.933 bits per heavy atom. The molecule has 156 valence electrons. The van der Waals surface area contributed by atoms with Crippen LogP contribution in [-0.4, -0.2) is 42.2 Å². The summed E-state index contributed by atoms with van der Waals surface area (Å²) in [7, 11) is 1.75. The zero-order valence-electron chi connectivity index (χ0n) is 17.4. The van der Waals surface area contributed by atoms with Gasteiger partial charge in [0, 0.05) is 30.4 Å². The van der Waals surface area contributed by atoms with Gasteiger partial charge in [-0.3, -0.25) is 5.10 Å². The number of hydrogen-bond acceptors (Lipinski definition) is 6. The van der Waals surface area contributed by atoms with E-state index in [1.807, 2.05) is 24.4 Å². The van der Waals surface area contributed by atoms with E-state index in [0.717, 1.165) is 22.2 Å². The molecule has 8 nitrogen and oxygen atoms in total. The van der Waals surface area contributed by atoms with Gasteiger partial charge < -0.3 is 5.32 Å². The second kappa shape index (κ2) is 9.96. The summed E-state index contributed by atoms with van der Waals surface area (Å²) in [4.78, 5) is 4.20. The summed E-state index contributed by atoms with van der Waals surface area (Å²) in [5, 5.41) is 23.4. The van der Waals surface area contributed by atoms with Crippen molar-refractivity contribution in [3.05, 3.63) is 43.0 Å². The molecule has 1 aromatic carbocycles. The van der Waals surface area contributed by atoms with Gasteiger partial charge >= 0.3 is 0 Å². The third kappa shape index (κ3) is 4.64. The van der Waals surface area contributed by atoms with Crippen molar-refractivity contribution in [2.45, 2.75) is 51.4 Å². The molecule has 0 saturated heterocycles. The molecular formula is C22H28N8. The number of benzene rings is 1. The first-order chi connectivity index (χ1) is 14.9. The number of aromatic nitrogens is 7. The summed E-state index contributed by atoms with van der Waals surface area (Å²) < 4.78 is 1.79. The van der Waals surface area contributed by atoms with Crippen LogP contribution in [0.15, 0.2) is 43.0 Å². The number of hydrogen-bond donors (Lipinski definition) is 2. The molecule has 30 heavy (non-hydrogen) atoms. The summed E-state index contributed by atoms with van der Waals surface area (Å²) in [6.07, 6.45) is 19.1. The van der Waals surface area contributed by atoms with E-state index in [0.29, 0.717) is 11.6 Å². The van der Waals surface area contributed by atoms with Gasteiger partial charge in [-0.2, -0.15) is 10.2 Å². The minimum Gasteiger partial charge on any atom is -0.356 e. The van der Waals surface area contributed by atoms with Crippen LogP contribution in [0.5, 0.6) is 0 Å². The summed E-state index contributed by atoms with van der Waals surface area (Å²) in [6.45, 7) is 0. The van der Waals surface area contributed by atoms with E-state index in [2.05, 4.69) is 35.8 Å². The first-order valence-corrected chi connectivity index (χ1v) is 10.7. The summed E-state index contributed by atoms with van der Waals surface area (Å²) in [5.41, 5.74) is 3.43. The molecule has 1 aliphatic carbocycles. The lowest BCUT2D eigenvalue weighted by atomic mass is 10.0. The Morgan fingerprint density at radius 3 is 2.23 bits per heavy atom. The van der Waals surface area contributed by atoms with Crippen LogP contribution < -0.4 is 5.32 Å². The van der Waals surface area contributed by atoms with Gasteiger partial charge in [-0.1, -0.05) is 51.4 Å². The Labute approximate surface area is 176 Å². The Balaban J connectivity index is 0.000000230. The molecule has 0 unspecified atom stereocenters. The van der Waals surface area contributed by atoms with E-state index < -0.39 is 0 Å². The van der Waals surface area contributed by atoms with E-state index in [-0.39, 0.29) is 0 Å². The fourth-order valence-corrected chi connectivity index (χ4v) is 3.77. The predicted octanol–water partition coefficient (Wildman–Crippen LogP) is 4.76. The number of rotatable bonds is 3. The number of nitrogens with one attached hydrogen (secondary N) is 2. The van der Waals surface area contributed by atoms with Crippen molar-refractivity contribution in [2.75, 3.05) is 12.4 Å². The molecule has 1 fully saturated rings. The van der Waals surface area contributed by atoms with Crippen LogP contribution in [0, 0.1) is 0 Å². The lowest BCUT2D eigenvalue weighted by Gasteiger charge is -2.07. The van der Waals surface area contributed by atoms with Crippen molar-refractivity contribution in [1.29, 1.82) is 0 Å². The molecule has 0 spiro atoms.